The predicted molar refractivity (Wildman–Crippen MR) is 91.2 cm³/mol. The maximum Gasteiger partial charge on any atom is 0.337 e. The minimum atomic E-state index is -3.62. The van der Waals surface area contributed by atoms with Crippen molar-refractivity contribution in [3.63, 3.8) is 0 Å². The van der Waals surface area contributed by atoms with Crippen LogP contribution in [0.3, 0.4) is 0 Å². The number of rotatable bonds is 3. The summed E-state index contributed by atoms with van der Waals surface area (Å²) in [5.41, 5.74) is 0.433. The largest absolute Gasteiger partial charge is 0.465 e. The van der Waals surface area contributed by atoms with Gasteiger partial charge in [0.25, 0.3) is 0 Å². The molecule has 3 rings (SSSR count). The molecule has 24 heavy (non-hydrogen) atoms. The molecule has 1 heterocycles. The first-order valence-electron chi connectivity index (χ1n) is 8.27. The van der Waals surface area contributed by atoms with E-state index >= 15 is 0 Å². The fourth-order valence-corrected chi connectivity index (χ4v) is 6.55. The van der Waals surface area contributed by atoms with Crippen LogP contribution in [0.4, 0.5) is 0 Å². The fraction of sp³-hybridized carbons (Fsp3) is 0.611. The van der Waals surface area contributed by atoms with E-state index in [0.29, 0.717) is 6.54 Å². The maximum absolute atomic E-state index is 13.2. The van der Waals surface area contributed by atoms with Gasteiger partial charge in [0.05, 0.1) is 17.6 Å². The molecule has 1 saturated heterocycles. The lowest BCUT2D eigenvalue weighted by Crippen LogP contribution is -2.37. The molecule has 2 fully saturated rings. The Labute approximate surface area is 144 Å². The number of nitrogens with zero attached hydrogens (tertiary/aromatic N) is 1. The molecule has 0 spiro atoms. The second kappa shape index (κ2) is 5.56. The molecule has 1 aliphatic carbocycles. The highest BCUT2D eigenvalue weighted by Crippen LogP contribution is 2.53. The molecule has 0 amide bonds. The van der Waals surface area contributed by atoms with Gasteiger partial charge in [0.15, 0.2) is 0 Å². The quantitative estimate of drug-likeness (QED) is 0.785. The first kappa shape index (κ1) is 17.4. The molecule has 2 atom stereocenters. The molecule has 1 aliphatic heterocycles. The van der Waals surface area contributed by atoms with E-state index in [1.165, 1.54) is 13.2 Å². The van der Waals surface area contributed by atoms with Gasteiger partial charge in [0.2, 0.25) is 10.0 Å². The van der Waals surface area contributed by atoms with Gasteiger partial charge in [-0.15, -0.1) is 0 Å². The summed E-state index contributed by atoms with van der Waals surface area (Å²) in [6.45, 7) is 7.16. The van der Waals surface area contributed by atoms with E-state index in [1.54, 1.807) is 22.5 Å². The number of fused-ring (bicyclic) bond motifs is 2. The predicted octanol–water partition coefficient (Wildman–Crippen LogP) is 3.06. The second-order valence-corrected chi connectivity index (χ2v) is 10.2. The molecule has 0 radical (unpaired) electrons. The van der Waals surface area contributed by atoms with Crippen LogP contribution in [0.5, 0.6) is 0 Å². The average Bonchev–Trinajstić information content (AvgIpc) is 2.76. The number of esters is 1. The molecule has 1 aromatic rings. The summed E-state index contributed by atoms with van der Waals surface area (Å²) in [6, 6.07) is 6.16. The molecule has 2 bridgehead atoms. The summed E-state index contributed by atoms with van der Waals surface area (Å²) in [5.74, 6) is -0.527. The van der Waals surface area contributed by atoms with Crippen LogP contribution in [-0.4, -0.2) is 38.4 Å². The summed E-state index contributed by atoms with van der Waals surface area (Å²) < 4.78 is 32.7. The Morgan fingerprint density at radius 3 is 2.62 bits per heavy atom. The summed E-state index contributed by atoms with van der Waals surface area (Å²) in [4.78, 5) is 11.9. The zero-order valence-corrected chi connectivity index (χ0v) is 15.5. The van der Waals surface area contributed by atoms with Crippen LogP contribution in [0.25, 0.3) is 0 Å². The Bertz CT molecular complexity index is 771. The zero-order valence-electron chi connectivity index (χ0n) is 14.7. The Morgan fingerprint density at radius 1 is 1.25 bits per heavy atom. The van der Waals surface area contributed by atoms with Crippen molar-refractivity contribution in [2.45, 2.75) is 51.0 Å². The van der Waals surface area contributed by atoms with E-state index in [1.807, 2.05) is 0 Å². The molecule has 2 aliphatic rings. The Kier molecular flexibility index (Phi) is 4.04. The van der Waals surface area contributed by atoms with E-state index < -0.39 is 16.0 Å². The average molecular weight is 351 g/mol. The number of benzene rings is 1. The Hall–Kier alpha value is -1.40. The maximum atomic E-state index is 13.2. The molecule has 132 valence electrons. The molecular formula is C18H25NO4S. The van der Waals surface area contributed by atoms with E-state index in [-0.39, 0.29) is 27.3 Å². The Morgan fingerprint density at radius 2 is 1.96 bits per heavy atom. The van der Waals surface area contributed by atoms with Gasteiger partial charge in [-0.1, -0.05) is 26.8 Å². The number of carbonyl (C=O) groups excluding carboxylic acids is 1. The molecule has 1 aromatic carbocycles. The lowest BCUT2D eigenvalue weighted by molar-refractivity contribution is 0.0600. The number of hydrogen-bond donors (Lipinski definition) is 0. The molecule has 1 saturated carbocycles. The van der Waals surface area contributed by atoms with Gasteiger partial charge in [-0.2, -0.15) is 4.31 Å². The highest BCUT2D eigenvalue weighted by molar-refractivity contribution is 7.89. The van der Waals surface area contributed by atoms with Crippen LogP contribution in [0.2, 0.25) is 0 Å². The van der Waals surface area contributed by atoms with Crippen LogP contribution in [-0.2, 0) is 14.8 Å². The molecule has 0 aromatic heterocycles. The number of ether oxygens (including phenoxy) is 1. The van der Waals surface area contributed by atoms with Crippen molar-refractivity contribution in [3.05, 3.63) is 29.8 Å². The van der Waals surface area contributed by atoms with Crippen LogP contribution < -0.4 is 0 Å². The highest BCUT2D eigenvalue weighted by Gasteiger charge is 2.53. The minimum absolute atomic E-state index is 0.0272. The SMILES string of the molecule is COC(=O)c1cccc(S(=O)(=O)N2C[C@]3(C)C[C@H]2CC(C)(C)C3)c1. The van der Waals surface area contributed by atoms with Gasteiger partial charge < -0.3 is 4.74 Å². The number of carbonyl (C=O) groups is 1. The lowest BCUT2D eigenvalue weighted by Gasteiger charge is -2.39. The van der Waals surface area contributed by atoms with Crippen molar-refractivity contribution in [1.82, 2.24) is 4.31 Å². The number of sulfonamides is 1. The Balaban J connectivity index is 1.96. The van der Waals surface area contributed by atoms with Gasteiger partial charge in [-0.25, -0.2) is 13.2 Å². The third-order valence-corrected chi connectivity index (χ3v) is 7.12. The van der Waals surface area contributed by atoms with Crippen LogP contribution in [0.15, 0.2) is 29.2 Å². The monoisotopic (exact) mass is 351 g/mol. The number of methoxy groups -OCH3 is 1. The molecular weight excluding hydrogens is 326 g/mol. The molecule has 0 unspecified atom stereocenters. The third-order valence-electron chi connectivity index (χ3n) is 5.23. The van der Waals surface area contributed by atoms with Crippen LogP contribution in [0.1, 0.15) is 50.4 Å². The lowest BCUT2D eigenvalue weighted by atomic mass is 9.65. The van der Waals surface area contributed by atoms with E-state index in [4.69, 9.17) is 4.74 Å². The number of hydrogen-bond acceptors (Lipinski definition) is 4. The first-order valence-corrected chi connectivity index (χ1v) is 9.71. The second-order valence-electron chi connectivity index (χ2n) is 8.28. The van der Waals surface area contributed by atoms with Crippen molar-refractivity contribution < 1.29 is 17.9 Å². The van der Waals surface area contributed by atoms with E-state index in [2.05, 4.69) is 20.8 Å². The minimum Gasteiger partial charge on any atom is -0.465 e. The van der Waals surface area contributed by atoms with Crippen LogP contribution in [0, 0.1) is 10.8 Å². The summed E-state index contributed by atoms with van der Waals surface area (Å²) in [7, 11) is -2.33. The molecule has 0 N–H and O–H groups in total. The normalized spacial score (nSPS) is 29.4. The van der Waals surface area contributed by atoms with Gasteiger partial charge in [-0.05, 0) is 48.3 Å². The van der Waals surface area contributed by atoms with Crippen molar-refractivity contribution in [2.24, 2.45) is 10.8 Å². The van der Waals surface area contributed by atoms with E-state index in [0.717, 1.165) is 19.3 Å². The van der Waals surface area contributed by atoms with Gasteiger partial charge in [0.1, 0.15) is 0 Å². The molecule has 5 nitrogen and oxygen atoms in total. The van der Waals surface area contributed by atoms with E-state index in [9.17, 15) is 13.2 Å². The highest BCUT2D eigenvalue weighted by atomic mass is 32.2. The van der Waals surface area contributed by atoms with Gasteiger partial charge in [0, 0.05) is 12.6 Å². The zero-order chi connectivity index (χ0) is 17.8. The summed E-state index contributed by atoms with van der Waals surface area (Å²) in [5, 5.41) is 0. The van der Waals surface area contributed by atoms with Crippen molar-refractivity contribution in [2.75, 3.05) is 13.7 Å². The van der Waals surface area contributed by atoms with Crippen molar-refractivity contribution in [3.8, 4) is 0 Å². The van der Waals surface area contributed by atoms with Gasteiger partial charge >= 0.3 is 5.97 Å². The molecule has 6 heteroatoms. The first-order chi connectivity index (χ1) is 11.1. The van der Waals surface area contributed by atoms with Crippen molar-refractivity contribution in [1.29, 1.82) is 0 Å². The third kappa shape index (κ3) is 2.97. The van der Waals surface area contributed by atoms with Crippen molar-refractivity contribution >= 4 is 16.0 Å². The van der Waals surface area contributed by atoms with Crippen LogP contribution >= 0.6 is 0 Å². The smallest absolute Gasteiger partial charge is 0.337 e. The summed E-state index contributed by atoms with van der Waals surface area (Å²) >= 11 is 0. The topological polar surface area (TPSA) is 63.7 Å². The standard InChI is InChI=1S/C18H25NO4S/c1-17(2)9-14-10-18(3,11-17)12-19(14)24(21,22)15-7-5-6-13(8-15)16(20)23-4/h5-8,14H,9-12H2,1-4H3/t14-,18-/m1/s1. The van der Waals surface area contributed by atoms with Gasteiger partial charge in [-0.3, -0.25) is 0 Å². The summed E-state index contributed by atoms with van der Waals surface area (Å²) in [6.07, 6.45) is 2.82. The fourth-order valence-electron chi connectivity index (χ4n) is 4.73.